The minimum atomic E-state index is -0.0709. The van der Waals surface area contributed by atoms with Crippen LogP contribution in [-0.4, -0.2) is 49.4 Å². The summed E-state index contributed by atoms with van der Waals surface area (Å²) in [6, 6.07) is 13.4. The maximum absolute atomic E-state index is 13.2. The summed E-state index contributed by atoms with van der Waals surface area (Å²) in [7, 11) is 3.26. The monoisotopic (exact) mass is 518 g/mol. The molecule has 0 saturated carbocycles. The van der Waals surface area contributed by atoms with Gasteiger partial charge >= 0.3 is 0 Å². The number of hydrogen-bond acceptors (Lipinski definition) is 6. The van der Waals surface area contributed by atoms with Gasteiger partial charge in [-0.05, 0) is 83.9 Å². The molecule has 6 nitrogen and oxygen atoms in total. The molecule has 0 atom stereocenters. The van der Waals surface area contributed by atoms with Crippen LogP contribution < -0.4 is 9.47 Å². The first-order valence-electron chi connectivity index (χ1n) is 10.3. The van der Waals surface area contributed by atoms with Crippen molar-refractivity contribution in [3.8, 4) is 11.5 Å². The predicted molar refractivity (Wildman–Crippen MR) is 134 cm³/mol. The Morgan fingerprint density at radius 3 is 2.59 bits per heavy atom. The van der Waals surface area contributed by atoms with Gasteiger partial charge in [0, 0.05) is 20.3 Å². The quantitative estimate of drug-likeness (QED) is 0.306. The molecule has 0 unspecified atom stereocenters. The van der Waals surface area contributed by atoms with Crippen molar-refractivity contribution in [3.05, 3.63) is 57.4 Å². The van der Waals surface area contributed by atoms with E-state index in [9.17, 15) is 4.79 Å². The lowest BCUT2D eigenvalue weighted by molar-refractivity contribution is -0.122. The highest BCUT2D eigenvalue weighted by atomic mass is 79.9. The third kappa shape index (κ3) is 6.15. The molecule has 1 heterocycles. The van der Waals surface area contributed by atoms with E-state index < -0.39 is 0 Å². The lowest BCUT2D eigenvalue weighted by Gasteiger charge is -2.16. The third-order valence-corrected chi connectivity index (χ3v) is 6.10. The van der Waals surface area contributed by atoms with Crippen LogP contribution in [0.1, 0.15) is 25.8 Å². The number of methoxy groups -OCH3 is 2. The van der Waals surface area contributed by atoms with Crippen molar-refractivity contribution in [2.45, 2.75) is 26.4 Å². The van der Waals surface area contributed by atoms with Crippen LogP contribution in [0.2, 0.25) is 0 Å². The fraction of sp³-hybridized carbons (Fsp3) is 0.333. The lowest BCUT2D eigenvalue weighted by Crippen LogP contribution is -2.30. The first-order valence-corrected chi connectivity index (χ1v) is 11.9. The molecule has 32 heavy (non-hydrogen) atoms. The number of carbonyl (C=O) groups excluding carboxylic acids is 1. The molecule has 1 fully saturated rings. The minimum absolute atomic E-state index is 0.00813. The maximum Gasteiger partial charge on any atom is 0.266 e. The van der Waals surface area contributed by atoms with E-state index in [1.807, 2.05) is 62.4 Å². The molecule has 1 aliphatic rings. The van der Waals surface area contributed by atoms with E-state index in [-0.39, 0.29) is 12.0 Å². The zero-order chi connectivity index (χ0) is 23.1. The van der Waals surface area contributed by atoms with Crippen molar-refractivity contribution in [2.24, 2.45) is 4.99 Å². The number of hydrogen-bond donors (Lipinski definition) is 0. The molecule has 1 amide bonds. The molecule has 0 aromatic heterocycles. The Balaban J connectivity index is 1.94. The number of para-hydroxylation sites is 1. The average Bonchev–Trinajstić information content (AvgIpc) is 3.04. The summed E-state index contributed by atoms with van der Waals surface area (Å²) in [5.41, 5.74) is 1.64. The van der Waals surface area contributed by atoms with Gasteiger partial charge in [-0.3, -0.25) is 9.69 Å². The van der Waals surface area contributed by atoms with Crippen LogP contribution in [-0.2, 0) is 9.53 Å². The smallest absolute Gasteiger partial charge is 0.266 e. The van der Waals surface area contributed by atoms with Gasteiger partial charge < -0.3 is 14.2 Å². The summed E-state index contributed by atoms with van der Waals surface area (Å²) >= 11 is 4.94. The van der Waals surface area contributed by atoms with Gasteiger partial charge in [0.2, 0.25) is 0 Å². The topological polar surface area (TPSA) is 60.4 Å². The Labute approximate surface area is 201 Å². The average molecular weight is 519 g/mol. The van der Waals surface area contributed by atoms with Gasteiger partial charge in [-0.25, -0.2) is 4.99 Å². The molecule has 2 aromatic carbocycles. The Kier molecular flexibility index (Phi) is 8.78. The zero-order valence-corrected chi connectivity index (χ0v) is 21.0. The molecule has 0 bridgehead atoms. The van der Waals surface area contributed by atoms with Crippen molar-refractivity contribution in [3.63, 3.8) is 0 Å². The molecule has 0 radical (unpaired) electrons. The number of nitrogens with zero attached hydrogens (tertiary/aromatic N) is 2. The SMILES string of the molecule is COCCCN1C(=O)/C(=C/c2cc(Br)c(OC(C)C)c(OC)c2)SC1=Nc1ccccc1. The number of ether oxygens (including phenoxy) is 3. The molecule has 8 heteroatoms. The van der Waals surface area contributed by atoms with Gasteiger partial charge in [-0.1, -0.05) is 18.2 Å². The molecular weight excluding hydrogens is 492 g/mol. The highest BCUT2D eigenvalue weighted by Crippen LogP contribution is 2.40. The van der Waals surface area contributed by atoms with E-state index >= 15 is 0 Å². The van der Waals surface area contributed by atoms with Crippen LogP contribution in [0.3, 0.4) is 0 Å². The van der Waals surface area contributed by atoms with Gasteiger partial charge in [0.05, 0.1) is 28.3 Å². The minimum Gasteiger partial charge on any atom is -0.493 e. The number of carbonyl (C=O) groups is 1. The maximum atomic E-state index is 13.2. The van der Waals surface area contributed by atoms with E-state index in [1.54, 1.807) is 19.1 Å². The van der Waals surface area contributed by atoms with Crippen LogP contribution in [0.4, 0.5) is 5.69 Å². The second-order valence-electron chi connectivity index (χ2n) is 7.34. The molecule has 0 spiro atoms. The first-order chi connectivity index (χ1) is 15.4. The Bertz CT molecular complexity index is 1010. The summed E-state index contributed by atoms with van der Waals surface area (Å²) < 4.78 is 17.3. The summed E-state index contributed by atoms with van der Waals surface area (Å²) in [5.74, 6) is 1.17. The number of halogens is 1. The summed E-state index contributed by atoms with van der Waals surface area (Å²) in [6.45, 7) is 5.03. The Hall–Kier alpha value is -2.29. The Morgan fingerprint density at radius 1 is 1.19 bits per heavy atom. The predicted octanol–water partition coefficient (Wildman–Crippen LogP) is 5.89. The van der Waals surface area contributed by atoms with Crippen LogP contribution in [0, 0.1) is 0 Å². The first kappa shape index (κ1) is 24.4. The van der Waals surface area contributed by atoms with Gasteiger partial charge in [-0.15, -0.1) is 0 Å². The van der Waals surface area contributed by atoms with Crippen LogP contribution in [0.25, 0.3) is 6.08 Å². The molecule has 2 aromatic rings. The van der Waals surface area contributed by atoms with Gasteiger partial charge in [-0.2, -0.15) is 0 Å². The van der Waals surface area contributed by atoms with Crippen molar-refractivity contribution < 1.29 is 19.0 Å². The molecule has 3 rings (SSSR count). The van der Waals surface area contributed by atoms with E-state index in [4.69, 9.17) is 19.2 Å². The Morgan fingerprint density at radius 2 is 1.94 bits per heavy atom. The van der Waals surface area contributed by atoms with Crippen molar-refractivity contribution in [1.82, 2.24) is 4.90 Å². The number of amidine groups is 1. The third-order valence-electron chi connectivity index (χ3n) is 4.50. The highest BCUT2D eigenvalue weighted by Gasteiger charge is 2.33. The van der Waals surface area contributed by atoms with Gasteiger partial charge in [0.1, 0.15) is 0 Å². The molecule has 1 saturated heterocycles. The van der Waals surface area contributed by atoms with Gasteiger partial charge in [0.25, 0.3) is 5.91 Å². The molecule has 1 aliphatic heterocycles. The van der Waals surface area contributed by atoms with E-state index in [2.05, 4.69) is 15.9 Å². The normalized spacial score (nSPS) is 16.4. The molecule has 170 valence electrons. The second-order valence-corrected chi connectivity index (χ2v) is 9.21. The van der Waals surface area contributed by atoms with Crippen LogP contribution in [0.5, 0.6) is 11.5 Å². The summed E-state index contributed by atoms with van der Waals surface area (Å²) in [4.78, 5) is 20.2. The van der Waals surface area contributed by atoms with Crippen molar-refractivity contribution >= 4 is 50.5 Å². The second kappa shape index (κ2) is 11.5. The number of amides is 1. The van der Waals surface area contributed by atoms with Gasteiger partial charge in [0.15, 0.2) is 16.7 Å². The number of aliphatic imine (C=N–C) groups is 1. The zero-order valence-electron chi connectivity index (χ0n) is 18.6. The van der Waals surface area contributed by atoms with Crippen LogP contribution in [0.15, 0.2) is 56.8 Å². The summed E-state index contributed by atoms with van der Waals surface area (Å²) in [6.07, 6.45) is 2.59. The van der Waals surface area contributed by atoms with Crippen molar-refractivity contribution in [1.29, 1.82) is 0 Å². The number of rotatable bonds is 9. The fourth-order valence-electron chi connectivity index (χ4n) is 3.09. The van der Waals surface area contributed by atoms with Crippen molar-refractivity contribution in [2.75, 3.05) is 27.4 Å². The highest BCUT2D eigenvalue weighted by molar-refractivity contribution is 9.10. The number of thioether (sulfide) groups is 1. The lowest BCUT2D eigenvalue weighted by atomic mass is 10.1. The summed E-state index contributed by atoms with van der Waals surface area (Å²) in [5, 5.41) is 0.661. The molecule has 0 aliphatic carbocycles. The van der Waals surface area contributed by atoms with E-state index in [0.717, 1.165) is 22.1 Å². The fourth-order valence-corrected chi connectivity index (χ4v) is 4.67. The van der Waals surface area contributed by atoms with E-state index in [0.29, 0.717) is 34.7 Å². The standard InChI is InChI=1S/C24H27BrN2O4S/c1-16(2)31-22-19(25)13-17(14-20(22)30-4)15-21-23(28)27(11-8-12-29-3)24(32-21)26-18-9-6-5-7-10-18/h5-7,9-10,13-16H,8,11-12H2,1-4H3/b21-15-,26-24?. The van der Waals surface area contributed by atoms with Crippen LogP contribution >= 0.6 is 27.7 Å². The molecule has 0 N–H and O–H groups in total. The molecular formula is C24H27BrN2O4S. The largest absolute Gasteiger partial charge is 0.493 e. The number of benzene rings is 2. The van der Waals surface area contributed by atoms with E-state index in [1.165, 1.54) is 11.8 Å².